The van der Waals surface area contributed by atoms with Crippen LogP contribution in [0.15, 0.2) is 59.4 Å². The van der Waals surface area contributed by atoms with E-state index in [1.807, 2.05) is 16.3 Å². The van der Waals surface area contributed by atoms with Gasteiger partial charge in [-0.2, -0.15) is 15.2 Å². The Morgan fingerprint density at radius 3 is 2.60 bits per heavy atom. The number of carbonyl (C=O) groups is 3. The van der Waals surface area contributed by atoms with Crippen LogP contribution in [0.4, 0.5) is 50.5 Å². The number of aromatic nitrogens is 4. The monoisotopic (exact) mass is 1210 g/mol. The van der Waals surface area contributed by atoms with Crippen LogP contribution < -0.4 is 26.2 Å². The molecule has 3 aromatic carbocycles. The standard InChI is InChI=1S/C55H46ClF7N10O8S2/c1-4-55(78)33-15-39-43-27(20-73(39)49(75)32(33)22-79-51(55)76)12-26-13-38(36(59)16-37(26)66-43)67-53(77)81-50(83(61,62)63)25(3)48(74)70-10-11-72(24(2)19-70)47-30-14-34(56)41(29-6-7-35(58)45-40(29)31(18-64)46(65)82-45)42(60)44(30)68-52(69-47)80-23-54-8-5-9-71(54)21-28(57)17-54/h6-7,12-16,24,28,50,78H,3-5,8-11,17,19-23,65H2,1-2H3,(H,67,77)/t24-,28+,50-,54-,55-/m0/s1. The molecular weight excluding hydrogens is 1160 g/mol. The van der Waals surface area contributed by atoms with Gasteiger partial charge in [-0.15, -0.1) is 23.0 Å². The van der Waals surface area contributed by atoms with E-state index < -0.39 is 92.2 Å². The molecule has 2 amide bonds. The van der Waals surface area contributed by atoms with Gasteiger partial charge in [0.05, 0.1) is 61.1 Å². The zero-order chi connectivity index (χ0) is 58.9. The lowest BCUT2D eigenvalue weighted by atomic mass is 9.86. The Morgan fingerprint density at radius 1 is 1.08 bits per heavy atom. The van der Waals surface area contributed by atoms with E-state index in [2.05, 4.69) is 16.5 Å². The normalized spacial score (nSPS) is 21.8. The predicted molar refractivity (Wildman–Crippen MR) is 295 cm³/mol. The Balaban J connectivity index is 0.792. The first-order valence-electron chi connectivity index (χ1n) is 26.0. The fourth-order valence-electron chi connectivity index (χ4n) is 12.2. The molecule has 5 aliphatic heterocycles. The summed E-state index contributed by atoms with van der Waals surface area (Å²) < 4.78 is 126. The van der Waals surface area contributed by atoms with Gasteiger partial charge in [0.15, 0.2) is 11.4 Å². The van der Waals surface area contributed by atoms with Crippen LogP contribution in [0.2, 0.25) is 5.02 Å². The molecule has 4 aromatic heterocycles. The number of nitrogens with two attached hydrogens (primary N) is 1. The molecule has 5 aliphatic rings. The van der Waals surface area contributed by atoms with Crippen molar-refractivity contribution in [3.8, 4) is 34.6 Å². The third kappa shape index (κ3) is 9.11. The second kappa shape index (κ2) is 20.2. The van der Waals surface area contributed by atoms with Crippen molar-refractivity contribution in [3.05, 3.63) is 110 Å². The lowest BCUT2D eigenvalue weighted by Crippen LogP contribution is -2.55. The van der Waals surface area contributed by atoms with Gasteiger partial charge in [-0.05, 0) is 68.6 Å². The van der Waals surface area contributed by atoms with Crippen molar-refractivity contribution in [2.24, 2.45) is 0 Å². The summed E-state index contributed by atoms with van der Waals surface area (Å²) in [4.78, 5) is 72.0. The smallest absolute Gasteiger partial charge is 0.413 e. The van der Waals surface area contributed by atoms with E-state index in [0.717, 1.165) is 40.9 Å². The van der Waals surface area contributed by atoms with Crippen molar-refractivity contribution < 1.29 is 62.9 Å². The molecule has 3 fully saturated rings. The van der Waals surface area contributed by atoms with Crippen molar-refractivity contribution in [3.63, 3.8) is 0 Å². The number of halogens is 8. The molecule has 0 spiro atoms. The first kappa shape index (κ1) is 55.7. The number of nitriles is 1. The number of ether oxygens (including phenoxy) is 3. The highest BCUT2D eigenvalue weighted by molar-refractivity contribution is 8.21. The van der Waals surface area contributed by atoms with Crippen LogP contribution >= 0.6 is 34.1 Å². The van der Waals surface area contributed by atoms with Crippen LogP contribution in [0.1, 0.15) is 61.8 Å². The highest BCUT2D eigenvalue weighted by Gasteiger charge is 2.50. The number of thiophene rings is 1. The molecule has 28 heteroatoms. The fourth-order valence-corrected chi connectivity index (χ4v) is 14.1. The first-order chi connectivity index (χ1) is 39.4. The van der Waals surface area contributed by atoms with Gasteiger partial charge in [0.25, 0.3) is 22.7 Å². The molecule has 0 aliphatic carbocycles. The zero-order valence-electron chi connectivity index (χ0n) is 43.8. The number of piperazine rings is 1. The molecule has 0 bridgehead atoms. The molecule has 12 rings (SSSR count). The van der Waals surface area contributed by atoms with Crippen LogP contribution in [0.3, 0.4) is 0 Å². The maximum absolute atomic E-state index is 17.5. The van der Waals surface area contributed by atoms with E-state index in [9.17, 15) is 45.6 Å². The first-order valence-corrected chi connectivity index (χ1v) is 28.6. The lowest BCUT2D eigenvalue weighted by Gasteiger charge is -2.41. The third-order valence-electron chi connectivity index (χ3n) is 16.3. The Labute approximate surface area is 477 Å². The van der Waals surface area contributed by atoms with Crippen molar-refractivity contribution >= 4 is 100 Å². The number of hydrogen-bond donors (Lipinski definition) is 3. The van der Waals surface area contributed by atoms with E-state index in [-0.39, 0.29) is 152 Å². The van der Waals surface area contributed by atoms with Crippen molar-refractivity contribution in [1.82, 2.24) is 29.3 Å². The van der Waals surface area contributed by atoms with E-state index in [0.29, 0.717) is 18.5 Å². The van der Waals surface area contributed by atoms with Crippen molar-refractivity contribution in [1.29, 1.82) is 5.26 Å². The van der Waals surface area contributed by atoms with Gasteiger partial charge in [0.2, 0.25) is 5.44 Å². The van der Waals surface area contributed by atoms with Gasteiger partial charge in [-0.25, -0.2) is 32.1 Å². The Bertz CT molecular complexity index is 4130. The summed E-state index contributed by atoms with van der Waals surface area (Å²) in [5, 5.41) is 23.3. The number of benzene rings is 3. The van der Waals surface area contributed by atoms with E-state index >= 15 is 13.2 Å². The number of carbonyl (C=O) groups excluding carboxylic acids is 3. The molecule has 7 aromatic rings. The highest BCUT2D eigenvalue weighted by atomic mass is 35.5. The van der Waals surface area contributed by atoms with Gasteiger partial charge in [-0.3, -0.25) is 19.8 Å². The summed E-state index contributed by atoms with van der Waals surface area (Å²) in [5.74, 6) is -4.96. The Morgan fingerprint density at radius 2 is 1.87 bits per heavy atom. The minimum absolute atomic E-state index is 0.00491. The average Bonchev–Trinajstić information content (AvgIpc) is 2.01. The second-order valence-corrected chi connectivity index (χ2v) is 23.9. The van der Waals surface area contributed by atoms with Gasteiger partial charge >= 0.3 is 18.1 Å². The van der Waals surface area contributed by atoms with Crippen LogP contribution in [0.5, 0.6) is 6.01 Å². The van der Waals surface area contributed by atoms with E-state index in [1.165, 1.54) is 28.8 Å². The van der Waals surface area contributed by atoms with Crippen LogP contribution in [0, 0.1) is 28.8 Å². The largest absolute Gasteiger partial charge is 0.461 e. The number of hydrogen-bond acceptors (Lipinski definition) is 16. The summed E-state index contributed by atoms with van der Waals surface area (Å²) >= 11 is 1.25. The number of nitrogens with zero attached hydrogens (tertiary/aromatic N) is 8. The number of fused-ring (bicyclic) bond motifs is 8. The van der Waals surface area contributed by atoms with Crippen LogP contribution in [-0.2, 0) is 37.8 Å². The lowest BCUT2D eigenvalue weighted by molar-refractivity contribution is -0.172. The number of nitrogens with one attached hydrogen (secondary N) is 1. The molecule has 432 valence electrons. The topological polar surface area (TPSA) is 231 Å². The number of esters is 1. The third-order valence-corrected chi connectivity index (χ3v) is 18.5. The summed E-state index contributed by atoms with van der Waals surface area (Å²) in [6, 6.07) is 9.57. The van der Waals surface area contributed by atoms with Gasteiger partial charge < -0.3 is 39.4 Å². The number of pyridine rings is 2. The van der Waals surface area contributed by atoms with Crippen molar-refractivity contribution in [2.45, 2.75) is 81.5 Å². The van der Waals surface area contributed by atoms with Crippen LogP contribution in [-0.4, -0.2) is 115 Å². The quantitative estimate of drug-likeness (QED) is 0.0621. The Kier molecular flexibility index (Phi) is 13.6. The number of nitrogen functional groups attached to an aromatic ring is 1. The molecule has 9 heterocycles. The molecule has 5 atom stereocenters. The SMILES string of the molecule is C=C(C(=O)N1CCN(c2nc(OC[C@@]34CCCN3C[C@H](F)C4)nc3c(F)c(-c4ccc(F)c5sc(N)c(C#N)c45)c(Cl)cc23)[C@@H](C)C1)[C@@H](OC(=O)Nc1cc2cc3c(nc2cc1F)-c1cc2c(c(=O)n1C3)COC(=O)[C@]2(O)CC)S(F)(F)F. The molecule has 0 saturated carbocycles. The Hall–Kier alpha value is -7.77. The molecule has 0 unspecified atom stereocenters. The fraction of sp³-hybridized carbons (Fsp3) is 0.345. The average molecular weight is 1210 g/mol. The maximum Gasteiger partial charge on any atom is 0.413 e. The minimum atomic E-state index is -6.46. The second-order valence-electron chi connectivity index (χ2n) is 21.1. The van der Waals surface area contributed by atoms with Gasteiger partial charge in [0.1, 0.15) is 53.4 Å². The summed E-state index contributed by atoms with van der Waals surface area (Å²) in [7, 11) is 0. The molecule has 18 nitrogen and oxygen atoms in total. The summed E-state index contributed by atoms with van der Waals surface area (Å²) in [6.45, 7) is 6.27. The molecule has 0 radical (unpaired) electrons. The maximum atomic E-state index is 17.5. The highest BCUT2D eigenvalue weighted by Crippen LogP contribution is 2.60. The van der Waals surface area contributed by atoms with E-state index in [1.54, 1.807) is 18.7 Å². The van der Waals surface area contributed by atoms with Crippen molar-refractivity contribution in [2.75, 3.05) is 55.3 Å². The summed E-state index contributed by atoms with van der Waals surface area (Å²) in [6.07, 6.45) is -1.41. The van der Waals surface area contributed by atoms with E-state index in [4.69, 9.17) is 36.5 Å². The number of rotatable bonds is 11. The number of anilines is 3. The molecule has 83 heavy (non-hydrogen) atoms. The minimum Gasteiger partial charge on any atom is -0.461 e. The van der Waals surface area contributed by atoms with Gasteiger partial charge in [0, 0.05) is 77.6 Å². The zero-order valence-corrected chi connectivity index (χ0v) is 46.2. The number of amides is 2. The number of alkyl halides is 1. The molecular formula is C55H46ClF7N10O8S2. The summed E-state index contributed by atoms with van der Waals surface area (Å²) in [5.41, 5.74) is -1.68. The molecule has 3 saturated heterocycles. The van der Waals surface area contributed by atoms with Gasteiger partial charge in [-0.1, -0.05) is 31.2 Å². The predicted octanol–water partition coefficient (Wildman–Crippen LogP) is 10.0. The number of cyclic esters (lactones) is 1. The molecule has 4 N–H and O–H groups in total. The van der Waals surface area contributed by atoms with Crippen LogP contribution in [0.25, 0.3) is 54.4 Å². The number of aliphatic hydroxyl groups is 1.